The van der Waals surface area contributed by atoms with Crippen LogP contribution in [0.25, 0.3) is 0 Å². The Hall–Kier alpha value is -1.59. The van der Waals surface area contributed by atoms with Crippen molar-refractivity contribution in [1.82, 2.24) is 0 Å². The molecule has 368 valence electrons. The molecule has 0 N–H and O–H groups in total. The van der Waals surface area contributed by atoms with Gasteiger partial charge >= 0.3 is 17.9 Å². The second kappa shape index (κ2) is 48.9. The molecule has 6 nitrogen and oxygen atoms in total. The summed E-state index contributed by atoms with van der Waals surface area (Å²) in [5.74, 6) is 0.900. The topological polar surface area (TPSA) is 78.9 Å². The zero-order valence-electron chi connectivity index (χ0n) is 42.5. The molecule has 0 bridgehead atoms. The fourth-order valence-corrected chi connectivity index (χ4v) is 8.46. The van der Waals surface area contributed by atoms with Crippen LogP contribution in [-0.2, 0) is 28.6 Å². The second-order valence-corrected chi connectivity index (χ2v) is 19.7. The molecule has 0 aliphatic carbocycles. The molecule has 3 atom stereocenters. The number of esters is 3. The number of ether oxygens (including phenoxy) is 3. The van der Waals surface area contributed by atoms with Crippen LogP contribution in [0.1, 0.15) is 311 Å². The molecule has 2 unspecified atom stereocenters. The molecule has 0 saturated heterocycles. The lowest BCUT2D eigenvalue weighted by atomic mass is 9.99. The molecule has 0 amide bonds. The highest BCUT2D eigenvalue weighted by molar-refractivity contribution is 5.71. The number of hydrogen-bond acceptors (Lipinski definition) is 6. The van der Waals surface area contributed by atoms with Gasteiger partial charge in [-0.15, -0.1) is 0 Å². The standard InChI is InChI=1S/C56H108O6/c1-6-9-10-11-12-13-14-15-19-23-26-33-38-43-48-56(59)62-53(50-61-55(58)47-42-37-32-28-27-30-35-40-45-52(5)8-3)49-60-54(57)46-41-36-31-25-22-20-17-16-18-21-24-29-34-39-44-51(4)7-2/h51-53H,6-50H2,1-5H3/t51?,52?,53-/m0/s1. The van der Waals surface area contributed by atoms with E-state index in [-0.39, 0.29) is 31.1 Å². The van der Waals surface area contributed by atoms with Crippen molar-refractivity contribution in [2.75, 3.05) is 13.2 Å². The number of carbonyl (C=O) groups excluding carboxylic acids is 3. The zero-order valence-corrected chi connectivity index (χ0v) is 42.5. The highest BCUT2D eigenvalue weighted by Crippen LogP contribution is 2.19. The summed E-state index contributed by atoms with van der Waals surface area (Å²) in [6.07, 6.45) is 50.8. The number of hydrogen-bond donors (Lipinski definition) is 0. The van der Waals surface area contributed by atoms with Gasteiger partial charge in [0.1, 0.15) is 13.2 Å². The van der Waals surface area contributed by atoms with E-state index < -0.39 is 6.10 Å². The molecule has 0 radical (unpaired) electrons. The van der Waals surface area contributed by atoms with Crippen molar-refractivity contribution in [3.05, 3.63) is 0 Å². The predicted octanol–water partition coefficient (Wildman–Crippen LogP) is 18.1. The first-order valence-electron chi connectivity index (χ1n) is 27.8. The van der Waals surface area contributed by atoms with Crippen LogP contribution in [0, 0.1) is 11.8 Å². The van der Waals surface area contributed by atoms with Crippen LogP contribution in [0.3, 0.4) is 0 Å². The van der Waals surface area contributed by atoms with Crippen molar-refractivity contribution >= 4 is 17.9 Å². The van der Waals surface area contributed by atoms with E-state index in [4.69, 9.17) is 14.2 Å². The molecular weight excluding hydrogens is 769 g/mol. The van der Waals surface area contributed by atoms with Crippen LogP contribution in [0.2, 0.25) is 0 Å². The molecule has 0 aromatic rings. The number of unbranched alkanes of at least 4 members (excludes halogenated alkanes) is 33. The highest BCUT2D eigenvalue weighted by Gasteiger charge is 2.19. The van der Waals surface area contributed by atoms with Crippen LogP contribution in [0.15, 0.2) is 0 Å². The number of rotatable bonds is 50. The Bertz CT molecular complexity index is 951. The monoisotopic (exact) mass is 877 g/mol. The lowest BCUT2D eigenvalue weighted by molar-refractivity contribution is -0.167. The molecule has 0 spiro atoms. The van der Waals surface area contributed by atoms with Crippen molar-refractivity contribution in [2.24, 2.45) is 11.8 Å². The van der Waals surface area contributed by atoms with E-state index in [0.29, 0.717) is 19.3 Å². The van der Waals surface area contributed by atoms with Crippen molar-refractivity contribution in [1.29, 1.82) is 0 Å². The van der Waals surface area contributed by atoms with Gasteiger partial charge in [-0.2, -0.15) is 0 Å². The van der Waals surface area contributed by atoms with Crippen LogP contribution >= 0.6 is 0 Å². The van der Waals surface area contributed by atoms with E-state index in [0.717, 1.165) is 69.6 Å². The average molecular weight is 877 g/mol. The third kappa shape index (κ3) is 46.4. The molecule has 0 heterocycles. The van der Waals surface area contributed by atoms with Gasteiger partial charge in [-0.3, -0.25) is 14.4 Å². The minimum absolute atomic E-state index is 0.0633. The van der Waals surface area contributed by atoms with Crippen molar-refractivity contribution in [2.45, 2.75) is 317 Å². The normalized spacial score (nSPS) is 12.9. The van der Waals surface area contributed by atoms with Gasteiger partial charge in [0, 0.05) is 19.3 Å². The van der Waals surface area contributed by atoms with E-state index in [9.17, 15) is 14.4 Å². The summed E-state index contributed by atoms with van der Waals surface area (Å²) in [6.45, 7) is 11.4. The molecule has 0 rings (SSSR count). The second-order valence-electron chi connectivity index (χ2n) is 19.7. The van der Waals surface area contributed by atoms with Crippen LogP contribution < -0.4 is 0 Å². The fraction of sp³-hybridized carbons (Fsp3) is 0.946. The van der Waals surface area contributed by atoms with Crippen LogP contribution in [0.4, 0.5) is 0 Å². The van der Waals surface area contributed by atoms with Crippen LogP contribution in [-0.4, -0.2) is 37.2 Å². The Balaban J connectivity index is 4.29. The molecule has 0 fully saturated rings. The molecule has 6 heteroatoms. The minimum Gasteiger partial charge on any atom is -0.462 e. The van der Waals surface area contributed by atoms with Crippen molar-refractivity contribution in [3.63, 3.8) is 0 Å². The molecule has 62 heavy (non-hydrogen) atoms. The highest BCUT2D eigenvalue weighted by atomic mass is 16.6. The van der Waals surface area contributed by atoms with Gasteiger partial charge in [-0.25, -0.2) is 0 Å². The molecule has 0 aliphatic rings. The predicted molar refractivity (Wildman–Crippen MR) is 266 cm³/mol. The minimum atomic E-state index is -0.762. The summed E-state index contributed by atoms with van der Waals surface area (Å²) in [5.41, 5.74) is 0. The molecule has 0 aliphatic heterocycles. The van der Waals surface area contributed by atoms with E-state index in [1.807, 2.05) is 0 Å². The van der Waals surface area contributed by atoms with Gasteiger partial charge < -0.3 is 14.2 Å². The van der Waals surface area contributed by atoms with Gasteiger partial charge in [0.15, 0.2) is 6.10 Å². The maximum atomic E-state index is 12.8. The van der Waals surface area contributed by atoms with Gasteiger partial charge in [0.2, 0.25) is 0 Å². The summed E-state index contributed by atoms with van der Waals surface area (Å²) >= 11 is 0. The van der Waals surface area contributed by atoms with Crippen LogP contribution in [0.5, 0.6) is 0 Å². The Morgan fingerprint density at radius 2 is 0.565 bits per heavy atom. The van der Waals surface area contributed by atoms with E-state index in [1.165, 1.54) is 199 Å². The summed E-state index contributed by atoms with van der Waals surface area (Å²) in [6, 6.07) is 0. The first kappa shape index (κ1) is 60.4. The molecular formula is C56H108O6. The van der Waals surface area contributed by atoms with Gasteiger partial charge in [0.25, 0.3) is 0 Å². The fourth-order valence-electron chi connectivity index (χ4n) is 8.46. The first-order chi connectivity index (χ1) is 30.3. The lowest BCUT2D eigenvalue weighted by Crippen LogP contribution is -2.30. The molecule has 0 aromatic carbocycles. The van der Waals surface area contributed by atoms with Crippen molar-refractivity contribution < 1.29 is 28.6 Å². The average Bonchev–Trinajstić information content (AvgIpc) is 3.27. The maximum Gasteiger partial charge on any atom is 0.306 e. The summed E-state index contributed by atoms with van der Waals surface area (Å²) in [4.78, 5) is 38.0. The van der Waals surface area contributed by atoms with E-state index in [1.54, 1.807) is 0 Å². The maximum absolute atomic E-state index is 12.8. The molecule has 0 aromatic heterocycles. The van der Waals surface area contributed by atoms with E-state index >= 15 is 0 Å². The Labute approximate surface area is 387 Å². The summed E-state index contributed by atoms with van der Waals surface area (Å²) in [5, 5.41) is 0. The van der Waals surface area contributed by atoms with E-state index in [2.05, 4.69) is 34.6 Å². The van der Waals surface area contributed by atoms with Gasteiger partial charge in [-0.05, 0) is 31.1 Å². The van der Waals surface area contributed by atoms with Gasteiger partial charge in [-0.1, -0.05) is 272 Å². The summed E-state index contributed by atoms with van der Waals surface area (Å²) in [7, 11) is 0. The third-order valence-corrected chi connectivity index (χ3v) is 13.4. The Morgan fingerprint density at radius 3 is 0.839 bits per heavy atom. The quantitative estimate of drug-likeness (QED) is 0.0344. The summed E-state index contributed by atoms with van der Waals surface area (Å²) < 4.78 is 16.9. The first-order valence-corrected chi connectivity index (χ1v) is 27.8. The largest absolute Gasteiger partial charge is 0.462 e. The van der Waals surface area contributed by atoms with Gasteiger partial charge in [0.05, 0.1) is 0 Å². The SMILES string of the molecule is CCCCCCCCCCCCCCCCC(=O)O[C@@H](COC(=O)CCCCCCCCCCCCCCCCC(C)CC)COC(=O)CCCCCCCCCCC(C)CC. The third-order valence-electron chi connectivity index (χ3n) is 13.4. The smallest absolute Gasteiger partial charge is 0.306 e. The number of carbonyl (C=O) groups is 3. The lowest BCUT2D eigenvalue weighted by Gasteiger charge is -2.18. The zero-order chi connectivity index (χ0) is 45.4. The Kier molecular flexibility index (Phi) is 47.6. The van der Waals surface area contributed by atoms with Crippen molar-refractivity contribution in [3.8, 4) is 0 Å². The molecule has 0 saturated carbocycles. The Morgan fingerprint density at radius 1 is 0.323 bits per heavy atom.